The maximum Gasteiger partial charge on any atom is 0.246 e. The van der Waals surface area contributed by atoms with E-state index >= 15 is 0 Å². The lowest BCUT2D eigenvalue weighted by Crippen LogP contribution is -2.63. The van der Waals surface area contributed by atoms with Crippen molar-refractivity contribution >= 4 is 5.91 Å². The average Bonchev–Trinajstić information content (AvgIpc) is 2.48. The fourth-order valence-corrected chi connectivity index (χ4v) is 2.94. The maximum absolute atomic E-state index is 12.3. The Balaban J connectivity index is 1.98. The Morgan fingerprint density at radius 1 is 1.35 bits per heavy atom. The molecule has 1 aliphatic rings. The largest absolute Gasteiger partial charge is 0.490 e. The number of carbonyl (C=O) groups excluding carboxylic acids is 1. The minimum absolute atomic E-state index is 0.0141. The van der Waals surface area contributed by atoms with E-state index in [1.54, 1.807) is 17.1 Å². The Morgan fingerprint density at radius 3 is 2.48 bits per heavy atom. The second-order valence-electron chi connectivity index (χ2n) is 7.60. The number of rotatable bonds is 5. The third-order valence-electron chi connectivity index (χ3n) is 4.62. The van der Waals surface area contributed by atoms with Gasteiger partial charge in [-0.25, -0.2) is 0 Å². The van der Waals surface area contributed by atoms with E-state index < -0.39 is 5.54 Å². The smallest absolute Gasteiger partial charge is 0.246 e. The fourth-order valence-electron chi connectivity index (χ4n) is 2.94. The molecule has 0 saturated heterocycles. The number of hydrogen-bond donors (Lipinski definition) is 1. The molecule has 126 valence electrons. The number of likely N-dealkylation sites (N-methyl/N-ethyl adjacent to an activating group) is 1. The van der Waals surface area contributed by atoms with Crippen LogP contribution in [0.1, 0.15) is 34.1 Å². The van der Waals surface area contributed by atoms with Crippen LogP contribution in [0.15, 0.2) is 42.5 Å². The molecule has 1 aliphatic carbocycles. The molecule has 1 aromatic carbocycles. The second-order valence-corrected chi connectivity index (χ2v) is 7.60. The first-order chi connectivity index (χ1) is 10.6. The van der Waals surface area contributed by atoms with E-state index in [1.165, 1.54) is 0 Å². The monoisotopic (exact) mass is 316 g/mol. The zero-order valence-corrected chi connectivity index (χ0v) is 14.7. The number of hydrogen-bond acceptors (Lipinski definition) is 3. The van der Waals surface area contributed by atoms with Gasteiger partial charge in [-0.05, 0) is 26.0 Å². The van der Waals surface area contributed by atoms with Gasteiger partial charge in [-0.15, -0.1) is 0 Å². The van der Waals surface area contributed by atoms with Crippen LogP contribution < -0.4 is 10.5 Å². The van der Waals surface area contributed by atoms with Crippen molar-refractivity contribution in [1.29, 1.82) is 0 Å². The number of nitrogens with zero attached hydrogens (tertiary/aromatic N) is 1. The van der Waals surface area contributed by atoms with Gasteiger partial charge < -0.3 is 15.4 Å². The lowest BCUT2D eigenvalue weighted by Gasteiger charge is -2.54. The fraction of sp³-hybridized carbons (Fsp3) is 0.526. The molecule has 4 heteroatoms. The van der Waals surface area contributed by atoms with Gasteiger partial charge in [-0.1, -0.05) is 38.1 Å². The van der Waals surface area contributed by atoms with Crippen LogP contribution in [0, 0.1) is 5.41 Å². The van der Waals surface area contributed by atoms with E-state index in [9.17, 15) is 4.79 Å². The summed E-state index contributed by atoms with van der Waals surface area (Å²) in [6.45, 7) is 8.03. The summed E-state index contributed by atoms with van der Waals surface area (Å²) in [6, 6.07) is 9.99. The Bertz CT molecular complexity index is 573. The van der Waals surface area contributed by atoms with Crippen molar-refractivity contribution in [3.05, 3.63) is 42.5 Å². The zero-order chi connectivity index (χ0) is 17.3. The first kappa shape index (κ1) is 17.5. The van der Waals surface area contributed by atoms with E-state index in [0.29, 0.717) is 0 Å². The molecule has 0 aromatic heterocycles. The van der Waals surface area contributed by atoms with Gasteiger partial charge in [-0.3, -0.25) is 4.79 Å². The van der Waals surface area contributed by atoms with Crippen molar-refractivity contribution in [3.63, 3.8) is 0 Å². The summed E-state index contributed by atoms with van der Waals surface area (Å²) in [5.41, 5.74) is 5.32. The summed E-state index contributed by atoms with van der Waals surface area (Å²) < 4.78 is 6.06. The quantitative estimate of drug-likeness (QED) is 0.850. The highest BCUT2D eigenvalue weighted by molar-refractivity contribution is 5.88. The van der Waals surface area contributed by atoms with Crippen LogP contribution in [0.2, 0.25) is 0 Å². The van der Waals surface area contributed by atoms with E-state index in [0.717, 1.165) is 12.2 Å². The molecule has 0 bridgehead atoms. The number of amides is 1. The van der Waals surface area contributed by atoms with Crippen LogP contribution >= 0.6 is 0 Å². The Kier molecular flexibility index (Phi) is 4.85. The SMILES string of the molecule is CN(C(=O)/C=C/C(C)(C)N)C1CC(Oc2ccccc2)C1(C)C. The maximum atomic E-state index is 12.3. The molecule has 1 saturated carbocycles. The molecule has 0 aliphatic heterocycles. The van der Waals surface area contributed by atoms with Gasteiger partial charge in [0.25, 0.3) is 0 Å². The van der Waals surface area contributed by atoms with Gasteiger partial charge in [0.15, 0.2) is 0 Å². The molecule has 0 spiro atoms. The van der Waals surface area contributed by atoms with Crippen molar-refractivity contribution in [1.82, 2.24) is 4.90 Å². The zero-order valence-electron chi connectivity index (χ0n) is 14.7. The minimum atomic E-state index is -0.482. The highest BCUT2D eigenvalue weighted by Crippen LogP contribution is 2.45. The predicted octanol–water partition coefficient (Wildman–Crippen LogP) is 2.98. The number of benzene rings is 1. The van der Waals surface area contributed by atoms with Crippen LogP contribution in [0.4, 0.5) is 0 Å². The lowest BCUT2D eigenvalue weighted by atomic mass is 9.63. The summed E-state index contributed by atoms with van der Waals surface area (Å²) in [7, 11) is 1.85. The van der Waals surface area contributed by atoms with E-state index in [-0.39, 0.29) is 23.5 Å². The number of ether oxygens (including phenoxy) is 1. The van der Waals surface area contributed by atoms with Gasteiger partial charge in [-0.2, -0.15) is 0 Å². The van der Waals surface area contributed by atoms with Crippen molar-refractivity contribution in [2.45, 2.75) is 51.8 Å². The van der Waals surface area contributed by atoms with Gasteiger partial charge >= 0.3 is 0 Å². The van der Waals surface area contributed by atoms with Gasteiger partial charge in [0.1, 0.15) is 11.9 Å². The Hall–Kier alpha value is -1.81. The first-order valence-corrected chi connectivity index (χ1v) is 8.08. The summed E-state index contributed by atoms with van der Waals surface area (Å²) >= 11 is 0. The molecule has 1 fully saturated rings. The minimum Gasteiger partial charge on any atom is -0.490 e. The van der Waals surface area contributed by atoms with Crippen molar-refractivity contribution in [2.75, 3.05) is 7.05 Å². The molecule has 23 heavy (non-hydrogen) atoms. The predicted molar refractivity (Wildman–Crippen MR) is 93.2 cm³/mol. The molecule has 2 rings (SSSR count). The molecule has 4 nitrogen and oxygen atoms in total. The molecule has 1 amide bonds. The average molecular weight is 316 g/mol. The molecule has 0 heterocycles. The number of para-hydroxylation sites is 1. The van der Waals surface area contributed by atoms with Crippen LogP contribution in [0.25, 0.3) is 0 Å². The van der Waals surface area contributed by atoms with E-state index in [4.69, 9.17) is 10.5 Å². The molecular weight excluding hydrogens is 288 g/mol. The highest BCUT2D eigenvalue weighted by atomic mass is 16.5. The molecule has 2 unspecified atom stereocenters. The Labute approximate surface area is 139 Å². The molecule has 2 atom stereocenters. The lowest BCUT2D eigenvalue weighted by molar-refractivity contribution is -0.144. The van der Waals surface area contributed by atoms with Crippen molar-refractivity contribution in [2.24, 2.45) is 11.1 Å². The summed E-state index contributed by atoms with van der Waals surface area (Å²) in [6.07, 6.45) is 4.26. The van der Waals surface area contributed by atoms with E-state index in [1.807, 2.05) is 51.2 Å². The van der Waals surface area contributed by atoms with Crippen LogP contribution in [0.3, 0.4) is 0 Å². The second kappa shape index (κ2) is 6.36. The standard InChI is InChI=1S/C19H28N2O2/c1-18(2,20)12-11-17(22)21(5)15-13-16(19(15,3)4)23-14-9-7-6-8-10-14/h6-12,15-16H,13,20H2,1-5H3/b12-11+. The highest BCUT2D eigenvalue weighted by Gasteiger charge is 2.52. The van der Waals surface area contributed by atoms with Crippen LogP contribution in [0.5, 0.6) is 5.75 Å². The number of nitrogens with two attached hydrogens (primary N) is 1. The van der Waals surface area contributed by atoms with Crippen LogP contribution in [-0.4, -0.2) is 35.5 Å². The summed E-state index contributed by atoms with van der Waals surface area (Å²) in [4.78, 5) is 14.1. The van der Waals surface area contributed by atoms with Crippen LogP contribution in [-0.2, 0) is 4.79 Å². The van der Waals surface area contributed by atoms with E-state index in [2.05, 4.69) is 13.8 Å². The molecule has 2 N–H and O–H groups in total. The van der Waals surface area contributed by atoms with Gasteiger partial charge in [0.2, 0.25) is 5.91 Å². The van der Waals surface area contributed by atoms with Crippen molar-refractivity contribution in [3.8, 4) is 5.75 Å². The normalized spacial score (nSPS) is 23.4. The van der Waals surface area contributed by atoms with Crippen molar-refractivity contribution < 1.29 is 9.53 Å². The molecular formula is C19H28N2O2. The Morgan fingerprint density at radius 2 is 1.96 bits per heavy atom. The third-order valence-corrected chi connectivity index (χ3v) is 4.62. The summed E-state index contributed by atoms with van der Waals surface area (Å²) in [5, 5.41) is 0. The molecule has 1 aromatic rings. The first-order valence-electron chi connectivity index (χ1n) is 8.08. The third kappa shape index (κ3) is 4.14. The van der Waals surface area contributed by atoms with Gasteiger partial charge in [0.05, 0.1) is 0 Å². The topological polar surface area (TPSA) is 55.6 Å². The molecule has 0 radical (unpaired) electrons. The number of carbonyl (C=O) groups is 1. The van der Waals surface area contributed by atoms with Gasteiger partial charge in [0, 0.05) is 36.5 Å². The summed E-state index contributed by atoms with van der Waals surface area (Å²) in [5.74, 6) is 0.863.